The van der Waals surface area contributed by atoms with Crippen molar-refractivity contribution in [3.05, 3.63) is 42.5 Å². The minimum Gasteiger partial charge on any atom is -0.379 e. The lowest BCUT2D eigenvalue weighted by molar-refractivity contribution is -0.236. The summed E-state index contributed by atoms with van der Waals surface area (Å²) in [4.78, 5) is 1.14. The van der Waals surface area contributed by atoms with E-state index in [4.69, 9.17) is 23.7 Å². The van der Waals surface area contributed by atoms with Crippen molar-refractivity contribution in [3.63, 3.8) is 0 Å². The number of hydrogen-bond donors (Lipinski definition) is 0. The largest absolute Gasteiger partial charge is 0.379 e. The average molecular weight is 409 g/mol. The molecule has 0 spiro atoms. The lowest BCUT2D eigenvalue weighted by Crippen LogP contribution is -2.60. The Kier molecular flexibility index (Phi) is 9.31. The van der Waals surface area contributed by atoms with E-state index in [1.54, 1.807) is 26.0 Å². The van der Waals surface area contributed by atoms with Crippen LogP contribution in [0.4, 0.5) is 0 Å². The molecule has 0 unspecified atom stereocenters. The van der Waals surface area contributed by atoms with Crippen molar-refractivity contribution in [3.8, 4) is 0 Å². The van der Waals surface area contributed by atoms with E-state index in [0.717, 1.165) is 37.2 Å². The zero-order valence-corrected chi connectivity index (χ0v) is 17.6. The van der Waals surface area contributed by atoms with E-state index < -0.39 is 0 Å². The van der Waals surface area contributed by atoms with Crippen LogP contribution in [0.3, 0.4) is 0 Å². The summed E-state index contributed by atoms with van der Waals surface area (Å²) in [5.41, 5.74) is -0.192. The van der Waals surface area contributed by atoms with Gasteiger partial charge in [-0.25, -0.2) is 0 Å². The van der Waals surface area contributed by atoms with Crippen molar-refractivity contribution in [2.75, 3.05) is 34.0 Å². The van der Waals surface area contributed by atoms with Crippen LogP contribution in [0.15, 0.2) is 47.4 Å². The molecule has 0 bridgehead atoms. The van der Waals surface area contributed by atoms with Gasteiger partial charge in [-0.2, -0.15) is 0 Å². The normalized spacial score (nSPS) is 32.6. The van der Waals surface area contributed by atoms with E-state index in [2.05, 4.69) is 24.3 Å². The van der Waals surface area contributed by atoms with E-state index in [1.165, 1.54) is 0 Å². The van der Waals surface area contributed by atoms with Crippen molar-refractivity contribution in [1.29, 1.82) is 0 Å². The fourth-order valence-corrected chi connectivity index (χ4v) is 4.80. The molecule has 0 saturated carbocycles. The molecule has 1 fully saturated rings. The monoisotopic (exact) mass is 408 g/mol. The van der Waals surface area contributed by atoms with Crippen LogP contribution in [0.5, 0.6) is 0 Å². The molecule has 2 heterocycles. The van der Waals surface area contributed by atoms with Crippen LogP contribution in [-0.2, 0) is 23.7 Å². The third kappa shape index (κ3) is 6.05. The van der Waals surface area contributed by atoms with Crippen LogP contribution in [0.1, 0.15) is 25.7 Å². The fraction of sp³-hybridized carbons (Fsp3) is 0.636. The van der Waals surface area contributed by atoms with E-state index in [9.17, 15) is 0 Å². The van der Waals surface area contributed by atoms with Gasteiger partial charge in [0.05, 0.1) is 6.61 Å². The third-order valence-electron chi connectivity index (χ3n) is 5.06. The maximum Gasteiger partial charge on any atom is 0.137 e. The van der Waals surface area contributed by atoms with Crippen LogP contribution < -0.4 is 0 Å². The highest BCUT2D eigenvalue weighted by molar-refractivity contribution is 7.99. The molecule has 2 aliphatic rings. The number of thioether (sulfide) groups is 1. The van der Waals surface area contributed by atoms with Crippen molar-refractivity contribution >= 4 is 11.8 Å². The minimum absolute atomic E-state index is 0.189. The van der Waals surface area contributed by atoms with Gasteiger partial charge < -0.3 is 23.7 Å². The maximum absolute atomic E-state index is 6.46. The van der Waals surface area contributed by atoms with Crippen LogP contribution in [0.25, 0.3) is 0 Å². The number of hydrogen-bond acceptors (Lipinski definition) is 6. The number of rotatable bonds is 4. The number of methoxy groups -OCH3 is 2. The highest BCUT2D eigenvalue weighted by atomic mass is 32.2. The van der Waals surface area contributed by atoms with Crippen LogP contribution in [0.2, 0.25) is 0 Å². The molecule has 2 aliphatic heterocycles. The summed E-state index contributed by atoms with van der Waals surface area (Å²) >= 11 is 1.66. The molecule has 0 N–H and O–H groups in total. The van der Waals surface area contributed by atoms with Crippen LogP contribution >= 0.6 is 11.8 Å². The molecular formula is C22H32O5S. The predicted molar refractivity (Wildman–Crippen MR) is 111 cm³/mol. The van der Waals surface area contributed by atoms with Crippen molar-refractivity contribution in [1.82, 2.24) is 0 Å². The van der Waals surface area contributed by atoms with Gasteiger partial charge in [-0.3, -0.25) is 0 Å². The van der Waals surface area contributed by atoms with E-state index >= 15 is 0 Å². The molecule has 1 aromatic rings. The average Bonchev–Trinajstić information content (AvgIpc) is 2.75. The summed E-state index contributed by atoms with van der Waals surface area (Å²) in [5.74, 6) is 0. The Morgan fingerprint density at radius 1 is 0.929 bits per heavy atom. The Balaban J connectivity index is 1.75. The van der Waals surface area contributed by atoms with Crippen molar-refractivity contribution < 1.29 is 23.7 Å². The lowest BCUT2D eigenvalue weighted by atomic mass is 9.99. The van der Waals surface area contributed by atoms with Gasteiger partial charge >= 0.3 is 0 Å². The summed E-state index contributed by atoms with van der Waals surface area (Å²) in [5, 5.41) is 0. The Labute approximate surface area is 172 Å². The summed E-state index contributed by atoms with van der Waals surface area (Å²) in [6, 6.07) is 10.2. The minimum atomic E-state index is -0.230. The van der Waals surface area contributed by atoms with Gasteiger partial charge in [0.1, 0.15) is 29.9 Å². The zero-order valence-electron chi connectivity index (χ0n) is 16.8. The first-order chi connectivity index (χ1) is 13.8. The van der Waals surface area contributed by atoms with E-state index in [-0.39, 0.29) is 29.9 Å². The number of fused-ring (bicyclic) bond motifs is 1. The molecule has 1 aromatic carbocycles. The van der Waals surface area contributed by atoms with Gasteiger partial charge in [0.2, 0.25) is 0 Å². The zero-order chi connectivity index (χ0) is 19.6. The molecule has 5 nitrogen and oxygen atoms in total. The fourth-order valence-electron chi connectivity index (χ4n) is 3.62. The topological polar surface area (TPSA) is 46.2 Å². The first-order valence-corrected chi connectivity index (χ1v) is 11.0. The third-order valence-corrected chi connectivity index (χ3v) is 6.22. The summed E-state index contributed by atoms with van der Waals surface area (Å²) in [6.45, 7) is 1.89. The second kappa shape index (κ2) is 12.0. The molecule has 0 aliphatic carbocycles. The van der Waals surface area contributed by atoms with E-state index in [0.29, 0.717) is 13.2 Å². The number of benzene rings is 1. The standard InChI is InChI=1S/C22H32O5S/c1-23-20-19-18(16-25-14-10-5-3-4-6-11-15-26-19)27-22(21(20)24-2)28-17-12-8-7-9-13-17/h3-4,7-9,12-13,18-22H,5-6,10-11,14-16H2,1-2H3/t18-,19-,20+,21-,22+/m1/s1. The van der Waals surface area contributed by atoms with E-state index in [1.807, 2.05) is 18.2 Å². The maximum atomic E-state index is 6.46. The second-order valence-electron chi connectivity index (χ2n) is 7.04. The molecule has 6 heteroatoms. The Hall–Kier alpha value is -0.890. The molecule has 1 saturated heterocycles. The van der Waals surface area contributed by atoms with Crippen LogP contribution in [-0.4, -0.2) is 63.9 Å². The van der Waals surface area contributed by atoms with Gasteiger partial charge in [-0.15, -0.1) is 0 Å². The summed E-state index contributed by atoms with van der Waals surface area (Å²) < 4.78 is 30.3. The summed E-state index contributed by atoms with van der Waals surface area (Å²) in [6.07, 6.45) is 7.69. The highest BCUT2D eigenvalue weighted by Gasteiger charge is 2.47. The number of allylic oxidation sites excluding steroid dienone is 2. The molecule has 0 aromatic heterocycles. The highest BCUT2D eigenvalue weighted by Crippen LogP contribution is 2.36. The SMILES string of the molecule is CO[C@@H]1[C@@H](OC)[C@H](Sc2ccccc2)O[C@@H]2COCCCC=CCCCO[C@@H]12. The number of ether oxygens (including phenoxy) is 5. The second-order valence-corrected chi connectivity index (χ2v) is 8.21. The predicted octanol–water partition coefficient (Wildman–Crippen LogP) is 4.07. The molecule has 0 amide bonds. The first-order valence-electron chi connectivity index (χ1n) is 10.1. The lowest BCUT2D eigenvalue weighted by Gasteiger charge is -2.45. The Morgan fingerprint density at radius 3 is 2.36 bits per heavy atom. The van der Waals surface area contributed by atoms with Gasteiger partial charge in [-0.05, 0) is 37.8 Å². The van der Waals surface area contributed by atoms with Gasteiger partial charge in [0.15, 0.2) is 0 Å². The molecule has 3 rings (SSSR count). The molecule has 0 radical (unpaired) electrons. The van der Waals surface area contributed by atoms with Gasteiger partial charge in [0.25, 0.3) is 0 Å². The smallest absolute Gasteiger partial charge is 0.137 e. The quantitative estimate of drug-likeness (QED) is 0.700. The molecule has 5 atom stereocenters. The Morgan fingerprint density at radius 2 is 1.64 bits per heavy atom. The molecular weight excluding hydrogens is 376 g/mol. The molecule has 156 valence electrons. The van der Waals surface area contributed by atoms with Crippen molar-refractivity contribution in [2.24, 2.45) is 0 Å². The van der Waals surface area contributed by atoms with Crippen molar-refractivity contribution in [2.45, 2.75) is 60.4 Å². The van der Waals surface area contributed by atoms with Gasteiger partial charge in [-0.1, -0.05) is 42.1 Å². The van der Waals surface area contributed by atoms with Crippen LogP contribution in [0, 0.1) is 0 Å². The Bertz CT molecular complexity index is 582. The first kappa shape index (κ1) is 21.8. The van der Waals surface area contributed by atoms with Gasteiger partial charge in [0, 0.05) is 32.3 Å². The molecule has 28 heavy (non-hydrogen) atoms. The summed E-state index contributed by atoms with van der Waals surface area (Å²) in [7, 11) is 3.43.